The first-order valence-corrected chi connectivity index (χ1v) is 11.8. The van der Waals surface area contributed by atoms with Gasteiger partial charge in [0.1, 0.15) is 5.75 Å². The molecular weight excluding hydrogens is 404 g/mol. The van der Waals surface area contributed by atoms with E-state index in [1.165, 1.54) is 55.6 Å². The lowest BCUT2D eigenvalue weighted by Crippen LogP contribution is -2.48. The molecule has 154 valence electrons. The number of carbonyl (C=O) groups excluding carboxylic acids is 1. The predicted molar refractivity (Wildman–Crippen MR) is 117 cm³/mol. The van der Waals surface area contributed by atoms with Crippen molar-refractivity contribution in [1.82, 2.24) is 4.98 Å². The summed E-state index contributed by atoms with van der Waals surface area (Å²) in [6.07, 6.45) is 8.10. The van der Waals surface area contributed by atoms with Crippen LogP contribution in [0.4, 0.5) is 5.13 Å². The summed E-state index contributed by atoms with van der Waals surface area (Å²) in [5.41, 5.74) is 0.442. The average Bonchev–Trinajstić information content (AvgIpc) is 3.12. The van der Waals surface area contributed by atoms with Crippen LogP contribution in [0.25, 0.3) is 0 Å². The van der Waals surface area contributed by atoms with Gasteiger partial charge < -0.3 is 4.74 Å². The van der Waals surface area contributed by atoms with Crippen molar-refractivity contribution in [2.45, 2.75) is 63.4 Å². The van der Waals surface area contributed by atoms with Gasteiger partial charge in [0.05, 0.1) is 5.69 Å². The number of hydrogen-bond acceptors (Lipinski definition) is 4. The van der Waals surface area contributed by atoms with Crippen molar-refractivity contribution in [3.8, 4) is 5.75 Å². The van der Waals surface area contributed by atoms with E-state index in [0.717, 1.165) is 17.8 Å². The van der Waals surface area contributed by atoms with Crippen molar-refractivity contribution in [1.29, 1.82) is 0 Å². The summed E-state index contributed by atoms with van der Waals surface area (Å²) < 4.78 is 5.90. The molecule has 6 heteroatoms. The highest BCUT2D eigenvalue weighted by Crippen LogP contribution is 2.60. The standard InChI is InChI=1S/C23H27ClN2O2S/c1-22(2,28-18-5-3-17(24)4-6-18)20(27)26-21-25-19(13-29-21)23-10-14-7-15(11-23)9-16(8-14)12-23/h3-6,13-16H,7-12H2,1-2H3,(H,25,26,27). The van der Waals surface area contributed by atoms with E-state index in [-0.39, 0.29) is 11.3 Å². The van der Waals surface area contributed by atoms with Crippen LogP contribution in [0, 0.1) is 17.8 Å². The third kappa shape index (κ3) is 3.68. The van der Waals surface area contributed by atoms with Crippen molar-refractivity contribution in [3.63, 3.8) is 0 Å². The summed E-state index contributed by atoms with van der Waals surface area (Å²) in [6.45, 7) is 3.54. The van der Waals surface area contributed by atoms with Crippen LogP contribution in [-0.2, 0) is 10.2 Å². The van der Waals surface area contributed by atoms with Gasteiger partial charge in [-0.2, -0.15) is 0 Å². The molecule has 2 aromatic rings. The summed E-state index contributed by atoms with van der Waals surface area (Å²) in [5.74, 6) is 3.06. The van der Waals surface area contributed by atoms with Gasteiger partial charge in [0.15, 0.2) is 10.7 Å². The maximum absolute atomic E-state index is 12.9. The molecule has 0 unspecified atom stereocenters. The summed E-state index contributed by atoms with van der Waals surface area (Å²) in [4.78, 5) is 17.8. The van der Waals surface area contributed by atoms with Gasteiger partial charge >= 0.3 is 0 Å². The Morgan fingerprint density at radius 3 is 2.31 bits per heavy atom. The number of rotatable bonds is 5. The number of hydrogen-bond donors (Lipinski definition) is 1. The Morgan fingerprint density at radius 2 is 1.72 bits per heavy atom. The van der Waals surface area contributed by atoms with E-state index in [2.05, 4.69) is 10.7 Å². The fourth-order valence-electron chi connectivity index (χ4n) is 6.09. The van der Waals surface area contributed by atoms with Crippen molar-refractivity contribution < 1.29 is 9.53 Å². The zero-order chi connectivity index (χ0) is 20.2. The highest BCUT2D eigenvalue weighted by molar-refractivity contribution is 7.14. The molecule has 1 aromatic carbocycles. The Balaban J connectivity index is 1.28. The van der Waals surface area contributed by atoms with E-state index in [0.29, 0.717) is 15.9 Å². The van der Waals surface area contributed by atoms with E-state index in [9.17, 15) is 4.79 Å². The first-order valence-electron chi connectivity index (χ1n) is 10.5. The number of carbonyl (C=O) groups is 1. The Hall–Kier alpha value is -1.59. The maximum Gasteiger partial charge on any atom is 0.269 e. The van der Waals surface area contributed by atoms with E-state index >= 15 is 0 Å². The van der Waals surface area contributed by atoms with Gasteiger partial charge in [-0.25, -0.2) is 4.98 Å². The highest BCUT2D eigenvalue weighted by atomic mass is 35.5. The number of halogens is 1. The molecule has 29 heavy (non-hydrogen) atoms. The number of nitrogens with zero attached hydrogens (tertiary/aromatic N) is 1. The molecule has 6 rings (SSSR count). The van der Waals surface area contributed by atoms with Crippen LogP contribution in [0.5, 0.6) is 5.75 Å². The smallest absolute Gasteiger partial charge is 0.269 e. The van der Waals surface area contributed by atoms with Crippen LogP contribution < -0.4 is 10.1 Å². The van der Waals surface area contributed by atoms with Crippen LogP contribution >= 0.6 is 22.9 Å². The maximum atomic E-state index is 12.9. The molecule has 4 saturated carbocycles. The third-order valence-corrected chi connectivity index (χ3v) is 8.05. The number of nitrogens with one attached hydrogen (secondary N) is 1. The lowest BCUT2D eigenvalue weighted by Gasteiger charge is -2.56. The van der Waals surface area contributed by atoms with Crippen molar-refractivity contribution >= 4 is 34.0 Å². The van der Waals surface area contributed by atoms with E-state index < -0.39 is 5.60 Å². The van der Waals surface area contributed by atoms with Gasteiger partial charge in [0, 0.05) is 15.8 Å². The molecule has 0 spiro atoms. The lowest BCUT2D eigenvalue weighted by molar-refractivity contribution is -0.128. The number of ether oxygens (including phenoxy) is 1. The van der Waals surface area contributed by atoms with E-state index in [1.807, 2.05) is 0 Å². The number of anilines is 1. The number of aromatic nitrogens is 1. The molecular formula is C23H27ClN2O2S. The topological polar surface area (TPSA) is 51.2 Å². The summed E-state index contributed by atoms with van der Waals surface area (Å²) in [7, 11) is 0. The zero-order valence-corrected chi connectivity index (χ0v) is 18.5. The second-order valence-electron chi connectivity index (χ2n) is 9.76. The molecule has 4 nitrogen and oxygen atoms in total. The molecule has 1 aromatic heterocycles. The summed E-state index contributed by atoms with van der Waals surface area (Å²) in [6, 6.07) is 7.05. The minimum atomic E-state index is -1.01. The van der Waals surface area contributed by atoms with Gasteiger partial charge in [-0.1, -0.05) is 11.6 Å². The van der Waals surface area contributed by atoms with E-state index in [4.69, 9.17) is 21.3 Å². The highest BCUT2D eigenvalue weighted by Gasteiger charge is 2.52. The van der Waals surface area contributed by atoms with Crippen LogP contribution in [0.1, 0.15) is 58.1 Å². The quantitative estimate of drug-likeness (QED) is 0.627. The minimum absolute atomic E-state index is 0.195. The van der Waals surface area contributed by atoms with Crippen LogP contribution in [-0.4, -0.2) is 16.5 Å². The Labute approximate surface area is 181 Å². The SMILES string of the molecule is CC(C)(Oc1ccc(Cl)cc1)C(=O)Nc1nc(C23CC4CC(CC(C4)C2)C3)cs1. The zero-order valence-electron chi connectivity index (χ0n) is 16.9. The Bertz CT molecular complexity index is 886. The van der Waals surface area contributed by atoms with Crippen molar-refractivity contribution in [2.75, 3.05) is 5.32 Å². The van der Waals surface area contributed by atoms with Gasteiger partial charge in [-0.3, -0.25) is 10.1 Å². The number of benzene rings is 1. The van der Waals surface area contributed by atoms with Gasteiger partial charge in [0.2, 0.25) is 0 Å². The number of thiazole rings is 1. The normalized spacial score (nSPS) is 30.4. The summed E-state index contributed by atoms with van der Waals surface area (Å²) in [5, 5.41) is 6.47. The molecule has 0 saturated heterocycles. The first kappa shape index (κ1) is 19.4. The minimum Gasteiger partial charge on any atom is -0.478 e. The fraction of sp³-hybridized carbons (Fsp3) is 0.565. The molecule has 0 aliphatic heterocycles. The van der Waals surface area contributed by atoms with Gasteiger partial charge in [-0.05, 0) is 94.4 Å². The molecule has 4 aliphatic carbocycles. The monoisotopic (exact) mass is 430 g/mol. The summed E-state index contributed by atoms with van der Waals surface area (Å²) >= 11 is 7.46. The lowest BCUT2D eigenvalue weighted by atomic mass is 9.49. The van der Waals surface area contributed by atoms with Crippen LogP contribution in [0.15, 0.2) is 29.6 Å². The molecule has 4 bridgehead atoms. The Morgan fingerprint density at radius 1 is 1.14 bits per heavy atom. The third-order valence-electron chi connectivity index (χ3n) is 7.04. The van der Waals surface area contributed by atoms with Gasteiger partial charge in [-0.15, -0.1) is 11.3 Å². The number of amides is 1. The molecule has 4 aliphatic rings. The second kappa shape index (κ2) is 6.98. The molecule has 0 atom stereocenters. The fourth-order valence-corrected chi connectivity index (χ4v) is 7.04. The molecule has 1 amide bonds. The van der Waals surface area contributed by atoms with Crippen LogP contribution in [0.2, 0.25) is 5.02 Å². The average molecular weight is 431 g/mol. The van der Waals surface area contributed by atoms with Gasteiger partial charge in [0.25, 0.3) is 5.91 Å². The van der Waals surface area contributed by atoms with Crippen molar-refractivity contribution in [3.05, 3.63) is 40.4 Å². The first-order chi connectivity index (χ1) is 13.8. The van der Waals surface area contributed by atoms with E-state index in [1.54, 1.807) is 38.1 Å². The molecule has 4 fully saturated rings. The molecule has 1 N–H and O–H groups in total. The predicted octanol–water partition coefficient (Wildman–Crippen LogP) is 6.06. The second-order valence-corrected chi connectivity index (χ2v) is 11.1. The molecule has 1 heterocycles. The molecule has 0 radical (unpaired) electrons. The Kier molecular flexibility index (Phi) is 4.67. The van der Waals surface area contributed by atoms with Crippen molar-refractivity contribution in [2.24, 2.45) is 17.8 Å². The largest absolute Gasteiger partial charge is 0.478 e. The van der Waals surface area contributed by atoms with Crippen LogP contribution in [0.3, 0.4) is 0 Å².